The van der Waals surface area contributed by atoms with Crippen LogP contribution in [0.25, 0.3) is 0 Å². The summed E-state index contributed by atoms with van der Waals surface area (Å²) in [5.41, 5.74) is 1.82. The van der Waals surface area contributed by atoms with Crippen LogP contribution >= 0.6 is 27.3 Å². The second-order valence-corrected chi connectivity index (χ2v) is 10.2. The summed E-state index contributed by atoms with van der Waals surface area (Å²) in [5.74, 6) is -0.272. The number of halogens is 1. The molecule has 0 radical (unpaired) electrons. The number of thiophene rings is 1. The molecule has 0 saturated carbocycles. The SMILES string of the molecule is CCOC(=O)c1c(NC(=O)CCCOc2ccc(C(C)C)cc2Br)sc(C(=O)OC(C)C)c1C. The normalized spacial score (nSPS) is 11.0. The van der Waals surface area contributed by atoms with Gasteiger partial charge in [-0.25, -0.2) is 9.59 Å². The quantitative estimate of drug-likeness (QED) is 0.253. The van der Waals surface area contributed by atoms with Crippen LogP contribution in [0.4, 0.5) is 5.00 Å². The molecular formula is C25H32BrNO6S. The van der Waals surface area contributed by atoms with E-state index in [1.807, 2.05) is 18.2 Å². The van der Waals surface area contributed by atoms with E-state index in [1.165, 1.54) is 5.56 Å². The van der Waals surface area contributed by atoms with Gasteiger partial charge < -0.3 is 19.5 Å². The second kappa shape index (κ2) is 12.9. The van der Waals surface area contributed by atoms with Gasteiger partial charge in [-0.15, -0.1) is 11.3 Å². The number of hydrogen-bond donors (Lipinski definition) is 1. The van der Waals surface area contributed by atoms with Gasteiger partial charge in [-0.3, -0.25) is 4.79 Å². The molecule has 186 valence electrons. The Morgan fingerprint density at radius 1 is 1.12 bits per heavy atom. The van der Waals surface area contributed by atoms with Crippen LogP contribution in [0.3, 0.4) is 0 Å². The number of esters is 2. The summed E-state index contributed by atoms with van der Waals surface area (Å²) >= 11 is 4.54. The van der Waals surface area contributed by atoms with Crippen LogP contribution in [0.5, 0.6) is 5.75 Å². The maximum atomic E-state index is 12.6. The molecule has 2 aromatic rings. The van der Waals surface area contributed by atoms with Gasteiger partial charge in [0.1, 0.15) is 15.6 Å². The second-order valence-electron chi connectivity index (χ2n) is 8.28. The average Bonchev–Trinajstić information content (AvgIpc) is 3.07. The maximum Gasteiger partial charge on any atom is 0.348 e. The molecule has 0 fully saturated rings. The average molecular weight is 555 g/mol. The molecule has 0 atom stereocenters. The van der Waals surface area contributed by atoms with Crippen molar-refractivity contribution in [2.75, 3.05) is 18.5 Å². The molecule has 34 heavy (non-hydrogen) atoms. The number of hydrogen-bond acceptors (Lipinski definition) is 7. The van der Waals surface area contributed by atoms with E-state index in [0.29, 0.717) is 24.5 Å². The minimum Gasteiger partial charge on any atom is -0.492 e. The summed E-state index contributed by atoms with van der Waals surface area (Å²) in [4.78, 5) is 37.8. The van der Waals surface area contributed by atoms with Gasteiger partial charge in [0.15, 0.2) is 0 Å². The molecule has 0 aliphatic carbocycles. The zero-order valence-corrected chi connectivity index (χ0v) is 22.9. The fraction of sp³-hybridized carbons (Fsp3) is 0.480. The highest BCUT2D eigenvalue weighted by molar-refractivity contribution is 9.10. The van der Waals surface area contributed by atoms with E-state index in [9.17, 15) is 14.4 Å². The van der Waals surface area contributed by atoms with Crippen molar-refractivity contribution in [2.45, 2.75) is 66.4 Å². The lowest BCUT2D eigenvalue weighted by molar-refractivity contribution is -0.116. The highest BCUT2D eigenvalue weighted by atomic mass is 79.9. The highest BCUT2D eigenvalue weighted by Gasteiger charge is 2.27. The minimum absolute atomic E-state index is 0.179. The number of nitrogens with one attached hydrogen (secondary N) is 1. The Morgan fingerprint density at radius 2 is 1.82 bits per heavy atom. The Balaban J connectivity index is 2.03. The largest absolute Gasteiger partial charge is 0.492 e. The molecule has 2 rings (SSSR count). The monoisotopic (exact) mass is 553 g/mol. The van der Waals surface area contributed by atoms with Gasteiger partial charge in [-0.05, 0) is 79.2 Å². The lowest BCUT2D eigenvalue weighted by Gasteiger charge is -2.11. The number of anilines is 1. The van der Waals surface area contributed by atoms with Gasteiger partial charge in [0.2, 0.25) is 5.91 Å². The number of carbonyl (C=O) groups is 3. The smallest absolute Gasteiger partial charge is 0.348 e. The zero-order valence-electron chi connectivity index (χ0n) is 20.5. The summed E-state index contributed by atoms with van der Waals surface area (Å²) in [6, 6.07) is 5.97. The van der Waals surface area contributed by atoms with Crippen LogP contribution in [-0.4, -0.2) is 37.2 Å². The van der Waals surface area contributed by atoms with E-state index in [1.54, 1.807) is 27.7 Å². The Labute approximate surface area is 213 Å². The van der Waals surface area contributed by atoms with Gasteiger partial charge in [0, 0.05) is 6.42 Å². The molecule has 0 unspecified atom stereocenters. The maximum absolute atomic E-state index is 12.6. The topological polar surface area (TPSA) is 90.9 Å². The molecule has 7 nitrogen and oxygen atoms in total. The van der Waals surface area contributed by atoms with Crippen molar-refractivity contribution in [3.8, 4) is 5.75 Å². The molecule has 1 heterocycles. The van der Waals surface area contributed by atoms with Crippen molar-refractivity contribution in [1.29, 1.82) is 0 Å². The Hall–Kier alpha value is -2.39. The summed E-state index contributed by atoms with van der Waals surface area (Å²) in [6.07, 6.45) is 0.359. The molecule has 1 N–H and O–H groups in total. The first-order valence-corrected chi connectivity index (χ1v) is 12.9. The van der Waals surface area contributed by atoms with Gasteiger partial charge in [0.05, 0.1) is 29.4 Å². The minimum atomic E-state index is -0.590. The van der Waals surface area contributed by atoms with Gasteiger partial charge in [-0.2, -0.15) is 0 Å². The highest BCUT2D eigenvalue weighted by Crippen LogP contribution is 2.35. The first-order chi connectivity index (χ1) is 16.0. The standard InChI is InChI=1S/C25H32BrNO6S/c1-7-31-24(29)21-16(6)22(25(30)33-15(4)5)34-23(21)27-20(28)9-8-12-32-19-11-10-17(14(2)3)13-18(19)26/h10-11,13-15H,7-9,12H2,1-6H3,(H,27,28). The lowest BCUT2D eigenvalue weighted by Crippen LogP contribution is -2.15. The van der Waals surface area contributed by atoms with Crippen molar-refractivity contribution >= 4 is 50.1 Å². The molecule has 0 bridgehead atoms. The van der Waals surface area contributed by atoms with Crippen LogP contribution in [-0.2, 0) is 14.3 Å². The van der Waals surface area contributed by atoms with Gasteiger partial charge in [-0.1, -0.05) is 19.9 Å². The van der Waals surface area contributed by atoms with E-state index in [0.717, 1.165) is 21.6 Å². The number of ether oxygens (including phenoxy) is 3. The predicted molar refractivity (Wildman–Crippen MR) is 137 cm³/mol. The molecule has 1 aromatic carbocycles. The summed E-state index contributed by atoms with van der Waals surface area (Å²) in [5, 5.41) is 3.04. The molecule has 0 saturated heterocycles. The van der Waals surface area contributed by atoms with Crippen LogP contribution in [0.15, 0.2) is 22.7 Å². The summed E-state index contributed by atoms with van der Waals surface area (Å²) in [6.45, 7) is 11.6. The van der Waals surface area contributed by atoms with Crippen LogP contribution in [0.1, 0.15) is 84.5 Å². The Kier molecular flexibility index (Phi) is 10.6. The lowest BCUT2D eigenvalue weighted by atomic mass is 10.0. The Morgan fingerprint density at radius 3 is 2.41 bits per heavy atom. The van der Waals surface area contributed by atoms with Gasteiger partial charge in [0.25, 0.3) is 0 Å². The molecule has 9 heteroatoms. The molecule has 1 amide bonds. The molecular weight excluding hydrogens is 522 g/mol. The first kappa shape index (κ1) is 27.9. The molecule has 0 aliphatic rings. The number of carbonyl (C=O) groups excluding carboxylic acids is 3. The van der Waals surface area contributed by atoms with Crippen LogP contribution < -0.4 is 10.1 Å². The summed E-state index contributed by atoms with van der Waals surface area (Å²) in [7, 11) is 0. The molecule has 1 aromatic heterocycles. The van der Waals surface area contributed by atoms with Crippen molar-refractivity contribution in [1.82, 2.24) is 0 Å². The fourth-order valence-electron chi connectivity index (χ4n) is 3.11. The first-order valence-electron chi connectivity index (χ1n) is 11.3. The van der Waals surface area contributed by atoms with Crippen LogP contribution in [0, 0.1) is 6.92 Å². The zero-order chi connectivity index (χ0) is 25.4. The molecule has 0 aliphatic heterocycles. The van der Waals surface area contributed by atoms with Crippen LogP contribution in [0.2, 0.25) is 0 Å². The van der Waals surface area contributed by atoms with Crippen molar-refractivity contribution in [3.63, 3.8) is 0 Å². The van der Waals surface area contributed by atoms with E-state index >= 15 is 0 Å². The van der Waals surface area contributed by atoms with E-state index in [-0.39, 0.29) is 40.5 Å². The van der Waals surface area contributed by atoms with E-state index < -0.39 is 11.9 Å². The number of rotatable bonds is 11. The van der Waals surface area contributed by atoms with Crippen molar-refractivity contribution < 1.29 is 28.6 Å². The van der Waals surface area contributed by atoms with E-state index in [2.05, 4.69) is 35.1 Å². The van der Waals surface area contributed by atoms with Gasteiger partial charge >= 0.3 is 11.9 Å². The third-order valence-electron chi connectivity index (χ3n) is 4.84. The van der Waals surface area contributed by atoms with Crippen molar-refractivity contribution in [2.24, 2.45) is 0 Å². The predicted octanol–water partition coefficient (Wildman–Crippen LogP) is 6.48. The molecule has 0 spiro atoms. The fourth-order valence-corrected chi connectivity index (χ4v) is 4.72. The third kappa shape index (κ3) is 7.56. The Bertz CT molecular complexity index is 1030. The summed E-state index contributed by atoms with van der Waals surface area (Å²) < 4.78 is 17.1. The number of amides is 1. The van der Waals surface area contributed by atoms with Crippen molar-refractivity contribution in [3.05, 3.63) is 44.2 Å². The van der Waals surface area contributed by atoms with E-state index in [4.69, 9.17) is 14.2 Å². The number of benzene rings is 1. The third-order valence-corrected chi connectivity index (χ3v) is 6.64.